The lowest BCUT2D eigenvalue weighted by Gasteiger charge is -2.29. The van der Waals surface area contributed by atoms with E-state index in [0.29, 0.717) is 17.0 Å². The SMILES string of the molecule is COc1nc2c3c(c(C(F)(F)F)c(-c4ccc(F)c5sc(N)c(C#N)c45)c(F)c3n1)OCCN2[C@H](C)c1ccnc(C#N)n1. The summed E-state index contributed by atoms with van der Waals surface area (Å²) in [5.41, 5.74) is 2.47. The third-order valence-corrected chi connectivity index (χ3v) is 8.22. The van der Waals surface area contributed by atoms with E-state index in [-0.39, 0.29) is 56.8 Å². The van der Waals surface area contributed by atoms with Gasteiger partial charge in [-0.2, -0.15) is 33.7 Å². The highest BCUT2D eigenvalue weighted by molar-refractivity contribution is 7.23. The molecule has 0 unspecified atom stereocenters. The predicted molar refractivity (Wildman–Crippen MR) is 149 cm³/mol. The first kappa shape index (κ1) is 28.8. The van der Waals surface area contributed by atoms with Crippen LogP contribution in [0.15, 0.2) is 24.4 Å². The lowest BCUT2D eigenvalue weighted by atomic mass is 9.91. The van der Waals surface area contributed by atoms with E-state index in [0.717, 1.165) is 12.1 Å². The molecule has 4 heterocycles. The van der Waals surface area contributed by atoms with Gasteiger partial charge in [0.25, 0.3) is 0 Å². The van der Waals surface area contributed by atoms with E-state index >= 15 is 17.6 Å². The number of rotatable bonds is 4. The second-order valence-corrected chi connectivity index (χ2v) is 10.6. The number of methoxy groups -OCH3 is 1. The van der Waals surface area contributed by atoms with Gasteiger partial charge in [0.05, 0.1) is 41.0 Å². The van der Waals surface area contributed by atoms with Gasteiger partial charge in [0.1, 0.15) is 52.2 Å². The van der Waals surface area contributed by atoms with E-state index < -0.39 is 51.8 Å². The van der Waals surface area contributed by atoms with E-state index in [2.05, 4.69) is 19.9 Å². The molecule has 0 bridgehead atoms. The van der Waals surface area contributed by atoms with Crippen LogP contribution in [0.25, 0.3) is 32.1 Å². The number of nitrogens with two attached hydrogens (primary N) is 1. The fourth-order valence-electron chi connectivity index (χ4n) is 5.29. The van der Waals surface area contributed by atoms with Crippen LogP contribution in [0.2, 0.25) is 0 Å². The molecule has 2 aromatic carbocycles. The van der Waals surface area contributed by atoms with Crippen molar-refractivity contribution in [2.45, 2.75) is 19.1 Å². The summed E-state index contributed by atoms with van der Waals surface area (Å²) in [7, 11) is 1.21. The third kappa shape index (κ3) is 4.34. The molecule has 3 aromatic heterocycles. The van der Waals surface area contributed by atoms with E-state index in [9.17, 15) is 14.9 Å². The van der Waals surface area contributed by atoms with Crippen molar-refractivity contribution in [3.8, 4) is 35.0 Å². The molecule has 6 rings (SSSR count). The molecule has 0 fully saturated rings. The number of aromatic nitrogens is 4. The number of halogens is 5. The van der Waals surface area contributed by atoms with Gasteiger partial charge in [-0.05, 0) is 24.6 Å². The van der Waals surface area contributed by atoms with Crippen LogP contribution in [0.4, 0.5) is 32.8 Å². The second-order valence-electron chi connectivity index (χ2n) is 9.54. The van der Waals surface area contributed by atoms with Gasteiger partial charge in [-0.25, -0.2) is 18.7 Å². The summed E-state index contributed by atoms with van der Waals surface area (Å²) in [4.78, 5) is 18.0. The molecule has 0 aliphatic carbocycles. The summed E-state index contributed by atoms with van der Waals surface area (Å²) in [6.07, 6.45) is -3.85. The number of fused-ring (bicyclic) bond motifs is 1. The average Bonchev–Trinajstić information content (AvgIpc) is 3.24. The smallest absolute Gasteiger partial charge is 0.420 e. The average molecular weight is 625 g/mol. The Balaban J connectivity index is 1.74. The normalized spacial score (nSPS) is 13.7. The van der Waals surface area contributed by atoms with Gasteiger partial charge in [0.2, 0.25) is 5.82 Å². The maximum atomic E-state index is 16.8. The Morgan fingerprint density at radius 2 is 1.89 bits per heavy atom. The van der Waals surface area contributed by atoms with E-state index in [1.165, 1.54) is 24.3 Å². The minimum Gasteiger partial charge on any atom is -0.490 e. The number of ether oxygens (including phenoxy) is 2. The number of nitrogens with zero attached hydrogens (tertiary/aromatic N) is 7. The molecule has 1 aliphatic rings. The Morgan fingerprint density at radius 1 is 1.11 bits per heavy atom. The number of anilines is 2. The lowest BCUT2D eigenvalue weighted by Crippen LogP contribution is -2.31. The number of nitrogen functional groups attached to an aromatic ring is 1. The van der Waals surface area contributed by atoms with Crippen molar-refractivity contribution in [3.05, 3.63) is 58.7 Å². The van der Waals surface area contributed by atoms with Crippen LogP contribution in [-0.2, 0) is 6.18 Å². The first-order chi connectivity index (χ1) is 21.0. The maximum absolute atomic E-state index is 16.8. The van der Waals surface area contributed by atoms with E-state index in [1.807, 2.05) is 6.07 Å². The minimum absolute atomic E-state index is 0.0360. The number of alkyl halides is 3. The zero-order chi connectivity index (χ0) is 31.5. The molecule has 0 radical (unpaired) electrons. The van der Waals surface area contributed by atoms with Crippen molar-refractivity contribution >= 4 is 43.1 Å². The first-order valence-electron chi connectivity index (χ1n) is 12.7. The molecule has 0 saturated heterocycles. The Kier molecular flexibility index (Phi) is 6.81. The van der Waals surface area contributed by atoms with Gasteiger partial charge >= 0.3 is 12.2 Å². The molecular weight excluding hydrogens is 607 g/mol. The van der Waals surface area contributed by atoms with Crippen molar-refractivity contribution < 1.29 is 31.4 Å². The summed E-state index contributed by atoms with van der Waals surface area (Å²) >= 11 is 0.661. The van der Waals surface area contributed by atoms with E-state index in [4.69, 9.17) is 15.2 Å². The highest BCUT2D eigenvalue weighted by Gasteiger charge is 2.44. The Morgan fingerprint density at radius 3 is 2.57 bits per heavy atom. The molecule has 44 heavy (non-hydrogen) atoms. The number of nitriles is 2. The van der Waals surface area contributed by atoms with Crippen molar-refractivity contribution in [2.24, 2.45) is 0 Å². The molecule has 1 atom stereocenters. The highest BCUT2D eigenvalue weighted by atomic mass is 32.1. The monoisotopic (exact) mass is 624 g/mol. The molecule has 16 heteroatoms. The molecule has 0 spiro atoms. The third-order valence-electron chi connectivity index (χ3n) is 7.19. The summed E-state index contributed by atoms with van der Waals surface area (Å²) in [5, 5.41) is 18.2. The van der Waals surface area contributed by atoms with Crippen LogP contribution < -0.4 is 20.1 Å². The number of benzene rings is 2. The summed E-state index contributed by atoms with van der Waals surface area (Å²) < 4.78 is 87.5. The standard InChI is InChI=1S/C28H17F5N8O2S/c1-11(15-5-6-37-16(10-35)38-15)41-7-8-43-23-19-22(39-27(42-2)40-26(19)41)21(30)18(20(23)28(31,32)33)12-3-4-14(29)24-17(12)13(9-34)25(36)44-24/h3-6,11H,7-8,36H2,1-2H3/t11-/m1/s1. The number of thiophene rings is 1. The van der Waals surface area contributed by atoms with E-state index in [1.54, 1.807) is 13.0 Å². The molecule has 0 saturated carbocycles. The van der Waals surface area contributed by atoms with Gasteiger partial charge < -0.3 is 20.1 Å². The molecule has 10 nitrogen and oxygen atoms in total. The molecule has 2 N–H and O–H groups in total. The Bertz CT molecular complexity index is 2090. The van der Waals surface area contributed by atoms with Crippen molar-refractivity contribution in [3.63, 3.8) is 0 Å². The van der Waals surface area contributed by atoms with Crippen LogP contribution in [0.5, 0.6) is 11.8 Å². The second kappa shape index (κ2) is 10.4. The molecule has 5 aromatic rings. The van der Waals surface area contributed by atoms with Crippen LogP contribution in [0, 0.1) is 34.3 Å². The van der Waals surface area contributed by atoms with Crippen molar-refractivity contribution in [1.82, 2.24) is 19.9 Å². The molecular formula is C28H17F5N8O2S. The van der Waals surface area contributed by atoms with Crippen LogP contribution in [0.1, 0.15) is 35.6 Å². The van der Waals surface area contributed by atoms with Gasteiger partial charge in [0, 0.05) is 17.1 Å². The largest absolute Gasteiger partial charge is 0.490 e. The van der Waals surface area contributed by atoms with Gasteiger partial charge in [0.15, 0.2) is 5.82 Å². The summed E-state index contributed by atoms with van der Waals surface area (Å²) in [6.45, 7) is 1.33. The first-order valence-corrected chi connectivity index (χ1v) is 13.5. The molecule has 1 aliphatic heterocycles. The van der Waals surface area contributed by atoms with Gasteiger partial charge in [-0.1, -0.05) is 6.07 Å². The van der Waals surface area contributed by atoms with Crippen molar-refractivity contribution in [1.29, 1.82) is 10.5 Å². The number of hydrogen-bond donors (Lipinski definition) is 1. The topological polar surface area (TPSA) is 147 Å². The fraction of sp³-hybridized carbons (Fsp3) is 0.214. The van der Waals surface area contributed by atoms with Crippen LogP contribution in [0.3, 0.4) is 0 Å². The van der Waals surface area contributed by atoms with Crippen LogP contribution in [-0.4, -0.2) is 40.2 Å². The molecule has 222 valence electrons. The summed E-state index contributed by atoms with van der Waals surface area (Å²) in [6, 6.07) is 5.93. The zero-order valence-electron chi connectivity index (χ0n) is 22.6. The highest BCUT2D eigenvalue weighted by Crippen LogP contribution is 2.53. The van der Waals surface area contributed by atoms with Gasteiger partial charge in [-0.15, -0.1) is 11.3 Å². The molecule has 0 amide bonds. The zero-order valence-corrected chi connectivity index (χ0v) is 23.4. The minimum atomic E-state index is -5.21. The fourth-order valence-corrected chi connectivity index (χ4v) is 6.24. The lowest BCUT2D eigenvalue weighted by molar-refractivity contribution is -0.138. The van der Waals surface area contributed by atoms with Crippen LogP contribution >= 0.6 is 11.3 Å². The Hall–Kier alpha value is -5.35. The predicted octanol–water partition coefficient (Wildman–Crippen LogP) is 5.89. The summed E-state index contributed by atoms with van der Waals surface area (Å²) in [5.74, 6) is -3.28. The van der Waals surface area contributed by atoms with Crippen molar-refractivity contribution in [2.75, 3.05) is 30.9 Å². The van der Waals surface area contributed by atoms with Gasteiger partial charge in [-0.3, -0.25) is 0 Å². The maximum Gasteiger partial charge on any atom is 0.420 e. The number of hydrogen-bond acceptors (Lipinski definition) is 11. The Labute approximate surface area is 248 Å². The quantitative estimate of drug-likeness (QED) is 0.240.